The molecule has 0 radical (unpaired) electrons. The Bertz CT molecular complexity index is 479. The highest BCUT2D eigenvalue weighted by Gasteiger charge is 2.24. The minimum absolute atomic E-state index is 0.0392. The highest BCUT2D eigenvalue weighted by molar-refractivity contribution is 5.96. The van der Waals surface area contributed by atoms with Gasteiger partial charge in [-0.1, -0.05) is 0 Å². The number of aromatic hydroxyl groups is 1. The number of phenolic OH excluding ortho intramolecular Hbond substituents is 1. The first kappa shape index (κ1) is 12.4. The Labute approximate surface area is 103 Å². The number of ether oxygens (including phenoxy) is 1. The van der Waals surface area contributed by atoms with E-state index in [9.17, 15) is 14.7 Å². The molecule has 0 aliphatic carbocycles. The number of carbonyl (C=O) groups excluding carboxylic acids is 1. The van der Waals surface area contributed by atoms with Crippen molar-refractivity contribution in [1.82, 2.24) is 0 Å². The third-order valence-corrected chi connectivity index (χ3v) is 2.72. The standard InChI is InChI=1S/C12H13NO5/c14-9-6-7(12(16)17)3-4-8(9)13-11(15)10-2-1-5-18-10/h3-4,6,10,14H,1-2,5H2,(H,13,15)(H,16,17)/t10-/m1/s1. The molecule has 0 bridgehead atoms. The van der Waals surface area contributed by atoms with Gasteiger partial charge in [-0.05, 0) is 31.0 Å². The van der Waals surface area contributed by atoms with E-state index in [2.05, 4.69) is 5.32 Å². The van der Waals surface area contributed by atoms with Gasteiger partial charge >= 0.3 is 5.97 Å². The summed E-state index contributed by atoms with van der Waals surface area (Å²) < 4.78 is 5.20. The normalized spacial score (nSPS) is 18.6. The number of hydrogen-bond acceptors (Lipinski definition) is 4. The fraction of sp³-hybridized carbons (Fsp3) is 0.333. The maximum absolute atomic E-state index is 11.7. The molecule has 1 atom stereocenters. The van der Waals surface area contributed by atoms with Gasteiger partial charge in [0.15, 0.2) is 0 Å². The summed E-state index contributed by atoms with van der Waals surface area (Å²) in [6, 6.07) is 3.76. The Balaban J connectivity index is 2.09. The lowest BCUT2D eigenvalue weighted by Crippen LogP contribution is -2.26. The molecule has 0 unspecified atom stereocenters. The molecule has 1 fully saturated rings. The molecule has 2 rings (SSSR count). The van der Waals surface area contributed by atoms with Crippen LogP contribution in [0.25, 0.3) is 0 Å². The van der Waals surface area contributed by atoms with E-state index in [1.165, 1.54) is 12.1 Å². The van der Waals surface area contributed by atoms with Crippen LogP contribution in [0.4, 0.5) is 5.69 Å². The zero-order chi connectivity index (χ0) is 13.1. The van der Waals surface area contributed by atoms with Gasteiger partial charge < -0.3 is 20.3 Å². The molecule has 1 amide bonds. The third kappa shape index (κ3) is 2.60. The van der Waals surface area contributed by atoms with E-state index in [4.69, 9.17) is 9.84 Å². The molecule has 1 heterocycles. The second-order valence-corrected chi connectivity index (χ2v) is 4.03. The van der Waals surface area contributed by atoms with Crippen molar-refractivity contribution in [1.29, 1.82) is 0 Å². The van der Waals surface area contributed by atoms with Crippen molar-refractivity contribution in [3.8, 4) is 5.75 Å². The number of carboxylic acids is 1. The number of benzene rings is 1. The van der Waals surface area contributed by atoms with Crippen molar-refractivity contribution in [3.63, 3.8) is 0 Å². The van der Waals surface area contributed by atoms with Crippen LogP contribution in [-0.2, 0) is 9.53 Å². The van der Waals surface area contributed by atoms with Crippen LogP contribution in [-0.4, -0.2) is 34.8 Å². The molecule has 96 valence electrons. The Hall–Kier alpha value is -2.08. The lowest BCUT2D eigenvalue weighted by atomic mass is 10.1. The molecule has 0 spiro atoms. The second-order valence-electron chi connectivity index (χ2n) is 4.03. The highest BCUT2D eigenvalue weighted by atomic mass is 16.5. The van der Waals surface area contributed by atoms with Crippen LogP contribution in [0.5, 0.6) is 5.75 Å². The van der Waals surface area contributed by atoms with Crippen molar-refractivity contribution in [2.24, 2.45) is 0 Å². The van der Waals surface area contributed by atoms with Crippen LogP contribution in [0, 0.1) is 0 Å². The summed E-state index contributed by atoms with van der Waals surface area (Å²) in [5.41, 5.74) is 0.142. The maximum atomic E-state index is 11.7. The zero-order valence-electron chi connectivity index (χ0n) is 9.55. The number of rotatable bonds is 3. The van der Waals surface area contributed by atoms with Crippen LogP contribution < -0.4 is 5.32 Å². The summed E-state index contributed by atoms with van der Waals surface area (Å²) in [6.07, 6.45) is 0.991. The van der Waals surface area contributed by atoms with Crippen molar-refractivity contribution >= 4 is 17.6 Å². The van der Waals surface area contributed by atoms with Crippen LogP contribution >= 0.6 is 0 Å². The monoisotopic (exact) mass is 251 g/mol. The summed E-state index contributed by atoms with van der Waals surface area (Å²) in [5.74, 6) is -1.74. The summed E-state index contributed by atoms with van der Waals surface area (Å²) in [7, 11) is 0. The molecule has 1 aromatic rings. The number of nitrogens with one attached hydrogen (secondary N) is 1. The number of carboxylic acid groups (broad SMARTS) is 1. The number of anilines is 1. The Morgan fingerprint density at radius 1 is 1.39 bits per heavy atom. The number of aromatic carboxylic acids is 1. The minimum atomic E-state index is -1.14. The smallest absolute Gasteiger partial charge is 0.335 e. The van der Waals surface area contributed by atoms with Crippen LogP contribution in [0.1, 0.15) is 23.2 Å². The fourth-order valence-electron chi connectivity index (χ4n) is 1.77. The van der Waals surface area contributed by atoms with Gasteiger partial charge in [0, 0.05) is 6.61 Å². The number of phenols is 1. The van der Waals surface area contributed by atoms with Gasteiger partial charge in [-0.25, -0.2) is 4.79 Å². The zero-order valence-corrected chi connectivity index (χ0v) is 9.55. The van der Waals surface area contributed by atoms with Gasteiger partial charge in [0.2, 0.25) is 0 Å². The van der Waals surface area contributed by atoms with Gasteiger partial charge in [-0.3, -0.25) is 4.79 Å². The largest absolute Gasteiger partial charge is 0.506 e. The van der Waals surface area contributed by atoms with E-state index in [0.717, 1.165) is 12.5 Å². The summed E-state index contributed by atoms with van der Waals surface area (Å²) in [6.45, 7) is 0.558. The highest BCUT2D eigenvalue weighted by Crippen LogP contribution is 2.25. The summed E-state index contributed by atoms with van der Waals surface area (Å²) in [5, 5.41) is 20.9. The van der Waals surface area contributed by atoms with E-state index in [1.54, 1.807) is 0 Å². The number of amides is 1. The topological polar surface area (TPSA) is 95.9 Å². The van der Waals surface area contributed by atoms with Crippen molar-refractivity contribution < 1.29 is 24.5 Å². The number of hydrogen-bond donors (Lipinski definition) is 3. The lowest BCUT2D eigenvalue weighted by molar-refractivity contribution is -0.124. The Morgan fingerprint density at radius 3 is 2.72 bits per heavy atom. The van der Waals surface area contributed by atoms with Gasteiger partial charge in [-0.2, -0.15) is 0 Å². The van der Waals surface area contributed by atoms with Crippen molar-refractivity contribution in [2.45, 2.75) is 18.9 Å². The average Bonchev–Trinajstić information content (AvgIpc) is 2.85. The Morgan fingerprint density at radius 2 is 2.17 bits per heavy atom. The molecule has 0 saturated carbocycles. The second kappa shape index (κ2) is 5.05. The van der Waals surface area contributed by atoms with E-state index >= 15 is 0 Å². The minimum Gasteiger partial charge on any atom is -0.506 e. The van der Waals surface area contributed by atoms with Gasteiger partial charge in [-0.15, -0.1) is 0 Å². The van der Waals surface area contributed by atoms with Gasteiger partial charge in [0.25, 0.3) is 5.91 Å². The first-order chi connectivity index (χ1) is 8.58. The fourth-order valence-corrected chi connectivity index (χ4v) is 1.77. The molecule has 1 aromatic carbocycles. The predicted octanol–water partition coefficient (Wildman–Crippen LogP) is 1.21. The first-order valence-electron chi connectivity index (χ1n) is 5.56. The predicted molar refractivity (Wildman–Crippen MR) is 62.7 cm³/mol. The molecule has 6 nitrogen and oxygen atoms in total. The molecule has 1 aliphatic heterocycles. The molecule has 1 aliphatic rings. The van der Waals surface area contributed by atoms with E-state index in [0.29, 0.717) is 13.0 Å². The van der Waals surface area contributed by atoms with Crippen LogP contribution in [0.2, 0.25) is 0 Å². The van der Waals surface area contributed by atoms with Gasteiger partial charge in [0.05, 0.1) is 11.3 Å². The molecule has 18 heavy (non-hydrogen) atoms. The van der Waals surface area contributed by atoms with Crippen LogP contribution in [0.15, 0.2) is 18.2 Å². The molecular weight excluding hydrogens is 238 g/mol. The summed E-state index contributed by atoms with van der Waals surface area (Å²) >= 11 is 0. The Kier molecular flexibility index (Phi) is 3.47. The summed E-state index contributed by atoms with van der Waals surface area (Å²) in [4.78, 5) is 22.4. The quantitative estimate of drug-likeness (QED) is 0.702. The SMILES string of the molecule is O=C(O)c1ccc(NC(=O)[C@H]2CCCO2)c(O)c1. The molecule has 0 aromatic heterocycles. The van der Waals surface area contributed by atoms with Gasteiger partial charge in [0.1, 0.15) is 11.9 Å². The molecule has 1 saturated heterocycles. The number of carbonyl (C=O) groups is 2. The average molecular weight is 251 g/mol. The maximum Gasteiger partial charge on any atom is 0.335 e. The van der Waals surface area contributed by atoms with E-state index < -0.39 is 12.1 Å². The van der Waals surface area contributed by atoms with Crippen molar-refractivity contribution in [3.05, 3.63) is 23.8 Å². The molecule has 6 heteroatoms. The van der Waals surface area contributed by atoms with Crippen LogP contribution in [0.3, 0.4) is 0 Å². The molecular formula is C12H13NO5. The first-order valence-corrected chi connectivity index (χ1v) is 5.56. The molecule has 3 N–H and O–H groups in total. The third-order valence-electron chi connectivity index (χ3n) is 2.72. The van der Waals surface area contributed by atoms with E-state index in [1.807, 2.05) is 0 Å². The van der Waals surface area contributed by atoms with E-state index in [-0.39, 0.29) is 22.9 Å². The van der Waals surface area contributed by atoms with Crippen molar-refractivity contribution in [2.75, 3.05) is 11.9 Å². The lowest BCUT2D eigenvalue weighted by Gasteiger charge is -2.11.